The number of methoxy groups -OCH3 is 1. The monoisotopic (exact) mass is 424 g/mol. The molecule has 2 rings (SSSR count). The summed E-state index contributed by atoms with van der Waals surface area (Å²) in [6, 6.07) is 13.2. The molecule has 2 aromatic rings. The van der Waals surface area contributed by atoms with E-state index in [0.29, 0.717) is 19.5 Å². The topological polar surface area (TPSA) is 58.6 Å². The molecular weight excluding hydrogens is 388 g/mol. The zero-order valence-electron chi connectivity index (χ0n) is 19.5. The van der Waals surface area contributed by atoms with Crippen molar-refractivity contribution in [2.75, 3.05) is 13.7 Å². The number of nitrogens with one attached hydrogen (secondary N) is 1. The maximum Gasteiger partial charge on any atom is 0.242 e. The normalized spacial score (nSPS) is 11.6. The Labute approximate surface area is 186 Å². The van der Waals surface area contributed by atoms with Crippen LogP contribution in [0.3, 0.4) is 0 Å². The fraction of sp³-hybridized carbons (Fsp3) is 0.462. The van der Waals surface area contributed by atoms with Crippen LogP contribution in [-0.2, 0) is 22.6 Å². The second-order valence-electron chi connectivity index (χ2n) is 8.04. The number of carbonyl (C=O) groups is 2. The lowest BCUT2D eigenvalue weighted by atomic mass is 10.0. The van der Waals surface area contributed by atoms with E-state index in [1.165, 1.54) is 5.56 Å². The highest BCUT2D eigenvalue weighted by Gasteiger charge is 2.28. The molecule has 31 heavy (non-hydrogen) atoms. The molecule has 2 amide bonds. The van der Waals surface area contributed by atoms with Crippen molar-refractivity contribution in [2.24, 2.45) is 0 Å². The molecule has 0 aliphatic heterocycles. The first-order chi connectivity index (χ1) is 14.9. The van der Waals surface area contributed by atoms with Crippen molar-refractivity contribution in [2.45, 2.75) is 66.0 Å². The summed E-state index contributed by atoms with van der Waals surface area (Å²) in [6.45, 7) is 9.14. The molecule has 0 saturated heterocycles. The number of unbranched alkanes of at least 4 members (excludes halogenated alkanes) is 1. The minimum atomic E-state index is -0.512. The van der Waals surface area contributed by atoms with Gasteiger partial charge in [-0.3, -0.25) is 9.59 Å². The minimum Gasteiger partial charge on any atom is -0.497 e. The van der Waals surface area contributed by atoms with Crippen molar-refractivity contribution < 1.29 is 14.3 Å². The minimum absolute atomic E-state index is 0.0523. The summed E-state index contributed by atoms with van der Waals surface area (Å²) in [5.74, 6) is 0.593. The molecule has 0 aromatic heterocycles. The fourth-order valence-electron chi connectivity index (χ4n) is 3.58. The molecule has 0 aliphatic carbocycles. The van der Waals surface area contributed by atoms with Gasteiger partial charge in [0.25, 0.3) is 0 Å². The van der Waals surface area contributed by atoms with E-state index >= 15 is 0 Å². The largest absolute Gasteiger partial charge is 0.497 e. The summed E-state index contributed by atoms with van der Waals surface area (Å²) in [5.41, 5.74) is 4.26. The Hall–Kier alpha value is -2.82. The molecule has 1 N–H and O–H groups in total. The van der Waals surface area contributed by atoms with Crippen molar-refractivity contribution in [1.82, 2.24) is 10.2 Å². The second-order valence-corrected chi connectivity index (χ2v) is 8.04. The van der Waals surface area contributed by atoms with Gasteiger partial charge in [-0.15, -0.1) is 0 Å². The maximum absolute atomic E-state index is 13.4. The molecule has 0 radical (unpaired) electrons. The number of hydrogen-bond acceptors (Lipinski definition) is 3. The third-order valence-electron chi connectivity index (χ3n) is 5.63. The summed E-state index contributed by atoms with van der Waals surface area (Å²) in [5, 5.41) is 3.00. The molecule has 0 bridgehead atoms. The molecule has 0 fully saturated rings. The van der Waals surface area contributed by atoms with E-state index in [1.54, 1.807) is 12.0 Å². The third kappa shape index (κ3) is 7.12. The smallest absolute Gasteiger partial charge is 0.242 e. The van der Waals surface area contributed by atoms with E-state index in [9.17, 15) is 9.59 Å². The van der Waals surface area contributed by atoms with Crippen LogP contribution in [0.5, 0.6) is 5.75 Å². The van der Waals surface area contributed by atoms with Crippen LogP contribution in [0.15, 0.2) is 42.5 Å². The van der Waals surface area contributed by atoms with Gasteiger partial charge in [0.1, 0.15) is 11.8 Å². The summed E-state index contributed by atoms with van der Waals surface area (Å²) >= 11 is 0. The van der Waals surface area contributed by atoms with E-state index < -0.39 is 6.04 Å². The summed E-state index contributed by atoms with van der Waals surface area (Å²) < 4.78 is 5.33. The number of hydrogen-bond donors (Lipinski definition) is 1. The van der Waals surface area contributed by atoms with E-state index in [2.05, 4.69) is 25.2 Å². The zero-order chi connectivity index (χ0) is 22.8. The summed E-state index contributed by atoms with van der Waals surface area (Å²) in [4.78, 5) is 28.1. The molecule has 168 valence electrons. The number of carbonyl (C=O) groups excluding carboxylic acids is 2. The van der Waals surface area contributed by atoms with Crippen LogP contribution in [-0.4, -0.2) is 36.4 Å². The van der Waals surface area contributed by atoms with Crippen LogP contribution in [0.1, 0.15) is 55.4 Å². The highest BCUT2D eigenvalue weighted by atomic mass is 16.5. The average Bonchev–Trinajstić information content (AvgIpc) is 2.76. The molecular formula is C26H36N2O3. The van der Waals surface area contributed by atoms with Gasteiger partial charge in [-0.05, 0) is 61.1 Å². The molecule has 2 aromatic carbocycles. The van der Waals surface area contributed by atoms with Crippen LogP contribution >= 0.6 is 0 Å². The van der Waals surface area contributed by atoms with Crippen molar-refractivity contribution in [3.63, 3.8) is 0 Å². The molecule has 1 atom stereocenters. The van der Waals surface area contributed by atoms with Gasteiger partial charge < -0.3 is 15.0 Å². The van der Waals surface area contributed by atoms with Gasteiger partial charge >= 0.3 is 0 Å². The van der Waals surface area contributed by atoms with Crippen LogP contribution in [0, 0.1) is 13.8 Å². The van der Waals surface area contributed by atoms with E-state index in [-0.39, 0.29) is 18.2 Å². The van der Waals surface area contributed by atoms with Crippen molar-refractivity contribution in [3.8, 4) is 5.75 Å². The molecule has 0 aliphatic rings. The number of amides is 2. The highest BCUT2D eigenvalue weighted by Crippen LogP contribution is 2.19. The third-order valence-corrected chi connectivity index (χ3v) is 5.63. The first-order valence-corrected chi connectivity index (χ1v) is 11.2. The number of benzene rings is 2. The Morgan fingerprint density at radius 2 is 1.81 bits per heavy atom. The Kier molecular flexibility index (Phi) is 9.57. The Morgan fingerprint density at radius 3 is 2.45 bits per heavy atom. The maximum atomic E-state index is 13.4. The van der Waals surface area contributed by atoms with Crippen LogP contribution in [0.25, 0.3) is 0 Å². The lowest BCUT2D eigenvalue weighted by molar-refractivity contribution is -0.140. The van der Waals surface area contributed by atoms with Gasteiger partial charge in [-0.25, -0.2) is 0 Å². The number of ether oxygens (including phenoxy) is 1. The van der Waals surface area contributed by atoms with Gasteiger partial charge in [0.15, 0.2) is 0 Å². The van der Waals surface area contributed by atoms with Crippen molar-refractivity contribution in [1.29, 1.82) is 0 Å². The Bertz CT molecular complexity index is 879. The van der Waals surface area contributed by atoms with Gasteiger partial charge in [-0.2, -0.15) is 0 Å². The number of rotatable bonds is 11. The van der Waals surface area contributed by atoms with Gasteiger partial charge in [-0.1, -0.05) is 50.6 Å². The molecule has 0 saturated carbocycles. The van der Waals surface area contributed by atoms with Crippen molar-refractivity contribution >= 4 is 11.8 Å². The lowest BCUT2D eigenvalue weighted by Crippen LogP contribution is -2.49. The second kappa shape index (κ2) is 12.1. The zero-order valence-corrected chi connectivity index (χ0v) is 19.5. The summed E-state index contributed by atoms with van der Waals surface area (Å²) in [6.07, 6.45) is 2.76. The summed E-state index contributed by atoms with van der Waals surface area (Å²) in [7, 11) is 1.62. The Morgan fingerprint density at radius 1 is 1.03 bits per heavy atom. The van der Waals surface area contributed by atoms with Crippen LogP contribution in [0.2, 0.25) is 0 Å². The quantitative estimate of drug-likeness (QED) is 0.537. The molecule has 5 nitrogen and oxygen atoms in total. The van der Waals surface area contributed by atoms with E-state index in [4.69, 9.17) is 4.74 Å². The van der Waals surface area contributed by atoms with Gasteiger partial charge in [0.2, 0.25) is 11.8 Å². The van der Waals surface area contributed by atoms with Gasteiger partial charge in [0, 0.05) is 13.1 Å². The van der Waals surface area contributed by atoms with E-state index in [1.807, 2.05) is 50.2 Å². The first kappa shape index (κ1) is 24.4. The Balaban J connectivity index is 2.28. The number of aryl methyl sites for hydroxylation is 2. The predicted molar refractivity (Wildman–Crippen MR) is 125 cm³/mol. The predicted octanol–water partition coefficient (Wildman–Crippen LogP) is 4.58. The fourth-order valence-corrected chi connectivity index (χ4v) is 3.58. The lowest BCUT2D eigenvalue weighted by Gasteiger charge is -2.31. The number of nitrogens with zero attached hydrogens (tertiary/aromatic N) is 1. The first-order valence-electron chi connectivity index (χ1n) is 11.2. The molecule has 0 heterocycles. The average molecular weight is 425 g/mol. The molecule has 0 spiro atoms. The molecule has 0 unspecified atom stereocenters. The van der Waals surface area contributed by atoms with E-state index in [0.717, 1.165) is 35.3 Å². The van der Waals surface area contributed by atoms with Gasteiger partial charge in [0.05, 0.1) is 13.5 Å². The standard InChI is InChI=1S/C26H36N2O3/c1-6-8-14-27-26(30)24(7-2)28(18-22-10-9-11-23(16-22)31-5)25(29)17-21-13-12-19(3)20(4)15-21/h9-13,15-16,24H,6-8,14,17-18H2,1-5H3,(H,27,30)/t24-/m0/s1. The SMILES string of the molecule is CCCCNC(=O)[C@H](CC)N(Cc1cccc(OC)c1)C(=O)Cc1ccc(C)c(C)c1. The highest BCUT2D eigenvalue weighted by molar-refractivity contribution is 5.88. The van der Waals surface area contributed by atoms with Crippen molar-refractivity contribution in [3.05, 3.63) is 64.7 Å². The van der Waals surface area contributed by atoms with Crippen LogP contribution < -0.4 is 10.1 Å². The molecule has 5 heteroatoms. The van der Waals surface area contributed by atoms with Crippen LogP contribution in [0.4, 0.5) is 0 Å².